The number of thioether (sulfide) groups is 2. The lowest BCUT2D eigenvalue weighted by Gasteiger charge is -2.02. The molecule has 0 amide bonds. The van der Waals surface area contributed by atoms with Crippen molar-refractivity contribution in [1.82, 2.24) is 19.9 Å². The van der Waals surface area contributed by atoms with E-state index in [1.807, 2.05) is 0 Å². The molecule has 0 aromatic carbocycles. The number of aromatic nitrogens is 4. The molecule has 0 fully saturated rings. The molecule has 0 saturated carbocycles. The van der Waals surface area contributed by atoms with Crippen LogP contribution in [-0.2, 0) is 12.8 Å². The minimum atomic E-state index is -0.0893. The van der Waals surface area contributed by atoms with E-state index < -0.39 is 0 Å². The van der Waals surface area contributed by atoms with Gasteiger partial charge >= 0.3 is 0 Å². The van der Waals surface area contributed by atoms with Gasteiger partial charge in [-0.2, -0.15) is 23.5 Å². The fourth-order valence-electron chi connectivity index (χ4n) is 1.52. The van der Waals surface area contributed by atoms with Gasteiger partial charge in [0, 0.05) is 62.9 Å². The Morgan fingerprint density at radius 2 is 1.40 bits per heavy atom. The van der Waals surface area contributed by atoms with Crippen molar-refractivity contribution in [1.29, 1.82) is 0 Å². The smallest absolute Gasteiger partial charge is 0.0594 e. The standard InChI is InChI=1S/C14H18N4S2/c1(13-11-15-3-5-17-13)7-19-9-10-20-8-2-14-12-16-4-6-18-14/h3-6,11-12H,1-2,7-10H2/i9D. The summed E-state index contributed by atoms with van der Waals surface area (Å²) in [7, 11) is 0. The van der Waals surface area contributed by atoms with Crippen molar-refractivity contribution in [2.75, 3.05) is 23.0 Å². The zero-order valence-corrected chi connectivity index (χ0v) is 12.8. The quantitative estimate of drug-likeness (QED) is 0.664. The van der Waals surface area contributed by atoms with Gasteiger partial charge in [-0.25, -0.2) is 0 Å². The summed E-state index contributed by atoms with van der Waals surface area (Å²) in [5.41, 5.74) is 1.92. The zero-order chi connectivity index (χ0) is 14.8. The van der Waals surface area contributed by atoms with E-state index in [-0.39, 0.29) is 5.73 Å². The van der Waals surface area contributed by atoms with Crippen molar-refractivity contribution < 1.29 is 1.37 Å². The molecule has 2 heterocycles. The minimum absolute atomic E-state index is 0.0893. The van der Waals surface area contributed by atoms with Crippen molar-refractivity contribution in [2.24, 2.45) is 0 Å². The zero-order valence-electron chi connectivity index (χ0n) is 12.2. The van der Waals surface area contributed by atoms with Crippen molar-refractivity contribution >= 4 is 23.5 Å². The Labute approximate surface area is 129 Å². The summed E-state index contributed by atoms with van der Waals surface area (Å²) in [4.78, 5) is 16.5. The molecule has 6 heteroatoms. The first-order chi connectivity index (χ1) is 10.3. The molecule has 1 atom stereocenters. The van der Waals surface area contributed by atoms with E-state index in [4.69, 9.17) is 1.37 Å². The van der Waals surface area contributed by atoms with Crippen LogP contribution in [0.1, 0.15) is 12.8 Å². The third kappa shape index (κ3) is 6.34. The van der Waals surface area contributed by atoms with Crippen molar-refractivity contribution in [3.63, 3.8) is 0 Å². The second-order valence-electron chi connectivity index (χ2n) is 4.01. The Kier molecular flexibility index (Phi) is 6.72. The third-order valence-corrected chi connectivity index (χ3v) is 4.46. The van der Waals surface area contributed by atoms with E-state index in [1.165, 1.54) is 0 Å². The van der Waals surface area contributed by atoms with Crippen LogP contribution in [0.25, 0.3) is 0 Å². The van der Waals surface area contributed by atoms with Crippen LogP contribution in [0, 0.1) is 0 Å². The average Bonchev–Trinajstić information content (AvgIpc) is 2.54. The van der Waals surface area contributed by atoms with Crippen LogP contribution in [0.15, 0.2) is 37.2 Å². The first-order valence-corrected chi connectivity index (χ1v) is 8.66. The molecule has 0 saturated heterocycles. The van der Waals surface area contributed by atoms with Crippen LogP contribution < -0.4 is 0 Å². The second-order valence-corrected chi connectivity index (χ2v) is 6.23. The van der Waals surface area contributed by atoms with E-state index in [1.54, 1.807) is 60.7 Å². The van der Waals surface area contributed by atoms with E-state index >= 15 is 0 Å². The molecule has 0 bridgehead atoms. The summed E-state index contributed by atoms with van der Waals surface area (Å²) in [6, 6.07) is 0. The molecule has 0 N–H and O–H groups in total. The van der Waals surface area contributed by atoms with Gasteiger partial charge in [0.15, 0.2) is 0 Å². The number of rotatable bonds is 9. The Hall–Kier alpha value is -1.14. The van der Waals surface area contributed by atoms with E-state index in [0.717, 1.165) is 41.5 Å². The second kappa shape index (κ2) is 9.72. The van der Waals surface area contributed by atoms with Crippen LogP contribution in [0.5, 0.6) is 0 Å². The highest BCUT2D eigenvalue weighted by atomic mass is 32.2. The SMILES string of the molecule is [2H]C(CSCCc1cnccn1)SCCc1cnccn1. The van der Waals surface area contributed by atoms with Gasteiger partial charge in [-0.05, 0) is 11.5 Å². The summed E-state index contributed by atoms with van der Waals surface area (Å²) in [5, 5.41) is 0. The molecule has 0 aliphatic carbocycles. The van der Waals surface area contributed by atoms with Crippen molar-refractivity contribution in [3.8, 4) is 0 Å². The molecular weight excluding hydrogens is 288 g/mol. The largest absolute Gasteiger partial charge is 0.261 e. The lowest BCUT2D eigenvalue weighted by Crippen LogP contribution is -1.97. The average molecular weight is 307 g/mol. The number of hydrogen-bond donors (Lipinski definition) is 0. The maximum atomic E-state index is 8.00. The van der Waals surface area contributed by atoms with Gasteiger partial charge in [0.05, 0.1) is 11.4 Å². The molecule has 2 aromatic rings. The molecule has 4 nitrogen and oxygen atoms in total. The van der Waals surface area contributed by atoms with E-state index in [9.17, 15) is 0 Å². The molecule has 106 valence electrons. The summed E-state index contributed by atoms with van der Waals surface area (Å²) < 4.78 is 8.00. The van der Waals surface area contributed by atoms with Gasteiger partial charge in [-0.1, -0.05) is 0 Å². The molecule has 2 aromatic heterocycles. The van der Waals surface area contributed by atoms with Crippen LogP contribution in [0.3, 0.4) is 0 Å². The summed E-state index contributed by atoms with van der Waals surface area (Å²) in [6.45, 7) is 0. The molecule has 20 heavy (non-hydrogen) atoms. The maximum absolute atomic E-state index is 8.00. The van der Waals surface area contributed by atoms with E-state index in [2.05, 4.69) is 19.9 Å². The molecular formula is C14H18N4S2. The fourth-order valence-corrected chi connectivity index (χ4v) is 3.30. The van der Waals surface area contributed by atoms with E-state index in [0.29, 0.717) is 0 Å². The molecule has 0 aliphatic heterocycles. The number of nitrogens with zero attached hydrogens (tertiary/aromatic N) is 4. The topological polar surface area (TPSA) is 51.6 Å². The maximum Gasteiger partial charge on any atom is 0.0594 e. The molecule has 0 spiro atoms. The number of hydrogen-bond acceptors (Lipinski definition) is 6. The van der Waals surface area contributed by atoms with Crippen molar-refractivity contribution in [2.45, 2.75) is 12.8 Å². The minimum Gasteiger partial charge on any atom is -0.261 e. The highest BCUT2D eigenvalue weighted by molar-refractivity contribution is 8.02. The third-order valence-electron chi connectivity index (χ3n) is 2.52. The summed E-state index contributed by atoms with van der Waals surface area (Å²) in [5.74, 6) is 2.74. The van der Waals surface area contributed by atoms with Gasteiger partial charge in [-0.3, -0.25) is 19.9 Å². The summed E-state index contributed by atoms with van der Waals surface area (Å²) >= 11 is 3.47. The Morgan fingerprint density at radius 1 is 0.800 bits per heavy atom. The molecule has 1 unspecified atom stereocenters. The van der Waals surface area contributed by atoms with Gasteiger partial charge in [0.1, 0.15) is 0 Å². The Bertz CT molecular complexity index is 501. The van der Waals surface area contributed by atoms with Gasteiger partial charge in [0.2, 0.25) is 0 Å². The van der Waals surface area contributed by atoms with Gasteiger partial charge < -0.3 is 0 Å². The van der Waals surface area contributed by atoms with Gasteiger partial charge in [-0.15, -0.1) is 0 Å². The van der Waals surface area contributed by atoms with Crippen LogP contribution in [-0.4, -0.2) is 42.9 Å². The fraction of sp³-hybridized carbons (Fsp3) is 0.429. The normalized spacial score (nSPS) is 12.9. The monoisotopic (exact) mass is 307 g/mol. The predicted molar refractivity (Wildman–Crippen MR) is 86.1 cm³/mol. The van der Waals surface area contributed by atoms with Crippen molar-refractivity contribution in [3.05, 3.63) is 48.6 Å². The van der Waals surface area contributed by atoms with Crippen LogP contribution in [0.2, 0.25) is 0 Å². The first-order valence-electron chi connectivity index (χ1n) is 7.03. The Morgan fingerprint density at radius 3 is 1.95 bits per heavy atom. The van der Waals surface area contributed by atoms with Crippen LogP contribution in [0.4, 0.5) is 0 Å². The highest BCUT2D eigenvalue weighted by Gasteiger charge is 1.97. The Balaban J connectivity index is 1.52. The molecule has 0 aliphatic rings. The van der Waals surface area contributed by atoms with Gasteiger partial charge in [0.25, 0.3) is 0 Å². The summed E-state index contributed by atoms with van der Waals surface area (Å²) in [6.07, 6.45) is 12.2. The lowest BCUT2D eigenvalue weighted by atomic mass is 10.4. The highest BCUT2D eigenvalue weighted by Crippen LogP contribution is 2.10. The first kappa shape index (κ1) is 13.8. The lowest BCUT2D eigenvalue weighted by molar-refractivity contribution is 1.01. The molecule has 0 radical (unpaired) electrons. The predicted octanol–water partition coefficient (Wildman–Crippen LogP) is 2.52. The number of aryl methyl sites for hydroxylation is 2. The van der Waals surface area contributed by atoms with Crippen LogP contribution >= 0.6 is 23.5 Å². The molecule has 2 rings (SSSR count).